The molecule has 9 heteroatoms. The van der Waals surface area contributed by atoms with Crippen molar-refractivity contribution in [1.29, 1.82) is 0 Å². The number of benzene rings is 1. The van der Waals surface area contributed by atoms with Crippen LogP contribution in [0.4, 0.5) is 8.78 Å². The van der Waals surface area contributed by atoms with Crippen LogP contribution >= 0.6 is 47.3 Å². The molecule has 0 bridgehead atoms. The van der Waals surface area contributed by atoms with Gasteiger partial charge in [0.05, 0.1) is 0 Å². The molecular formula is C14H21ClF2IN3OS. The number of nitrogens with one attached hydrogen (secondary N) is 2. The summed E-state index contributed by atoms with van der Waals surface area (Å²) in [6.45, 7) is -1.80. The van der Waals surface area contributed by atoms with Gasteiger partial charge in [0.25, 0.3) is 0 Å². The molecule has 0 atom stereocenters. The first kappa shape index (κ1) is 22.5. The Morgan fingerprint density at radius 2 is 2.13 bits per heavy atom. The second-order valence-electron chi connectivity index (χ2n) is 4.33. The predicted octanol–water partition coefficient (Wildman–Crippen LogP) is 3.98. The summed E-state index contributed by atoms with van der Waals surface area (Å²) in [6, 6.07) is 4.53. The lowest BCUT2D eigenvalue weighted by Crippen LogP contribution is -2.37. The largest absolute Gasteiger partial charge is 0.434 e. The molecule has 4 nitrogen and oxygen atoms in total. The summed E-state index contributed by atoms with van der Waals surface area (Å²) < 4.78 is 29.3. The fraction of sp³-hybridized carbons (Fsp3) is 0.500. The van der Waals surface area contributed by atoms with Gasteiger partial charge < -0.3 is 15.4 Å². The Kier molecular flexibility index (Phi) is 12.6. The highest BCUT2D eigenvalue weighted by Gasteiger charge is 2.10. The molecule has 0 aromatic heterocycles. The van der Waals surface area contributed by atoms with E-state index in [1.54, 1.807) is 24.9 Å². The molecule has 0 aliphatic carbocycles. The van der Waals surface area contributed by atoms with Gasteiger partial charge >= 0.3 is 6.61 Å². The van der Waals surface area contributed by atoms with Crippen LogP contribution in [0.2, 0.25) is 5.02 Å². The molecule has 1 rings (SSSR count). The molecule has 0 heterocycles. The zero-order valence-corrected chi connectivity index (χ0v) is 16.8. The van der Waals surface area contributed by atoms with E-state index in [2.05, 4.69) is 26.6 Å². The van der Waals surface area contributed by atoms with Gasteiger partial charge in [0, 0.05) is 30.7 Å². The number of thioether (sulfide) groups is 1. The highest BCUT2D eigenvalue weighted by Crippen LogP contribution is 2.24. The number of hydrogen-bond donors (Lipinski definition) is 2. The van der Waals surface area contributed by atoms with Crippen molar-refractivity contribution in [3.8, 4) is 5.75 Å². The summed E-state index contributed by atoms with van der Waals surface area (Å²) in [5, 5.41) is 6.66. The van der Waals surface area contributed by atoms with Gasteiger partial charge in [0.15, 0.2) is 5.96 Å². The molecule has 0 saturated heterocycles. The molecule has 1 aromatic carbocycles. The first-order valence-corrected chi connectivity index (χ1v) is 8.50. The van der Waals surface area contributed by atoms with Crippen LogP contribution in [-0.2, 0) is 6.54 Å². The number of alkyl halides is 2. The predicted molar refractivity (Wildman–Crippen MR) is 105 cm³/mol. The maximum absolute atomic E-state index is 12.4. The third-order valence-electron chi connectivity index (χ3n) is 2.73. The second-order valence-corrected chi connectivity index (χ2v) is 5.75. The fourth-order valence-electron chi connectivity index (χ4n) is 1.72. The quantitative estimate of drug-likeness (QED) is 0.256. The van der Waals surface area contributed by atoms with E-state index in [-0.39, 0.29) is 36.3 Å². The average Bonchev–Trinajstić information content (AvgIpc) is 2.48. The first-order valence-electron chi connectivity index (χ1n) is 6.73. The minimum Gasteiger partial charge on any atom is -0.434 e. The molecule has 23 heavy (non-hydrogen) atoms. The average molecular weight is 480 g/mol. The molecule has 0 aliphatic heterocycles. The summed E-state index contributed by atoms with van der Waals surface area (Å²) in [7, 11) is 1.65. The maximum atomic E-state index is 12.4. The van der Waals surface area contributed by atoms with E-state index < -0.39 is 6.61 Å². The Morgan fingerprint density at radius 1 is 1.39 bits per heavy atom. The van der Waals surface area contributed by atoms with Crippen LogP contribution in [0.3, 0.4) is 0 Å². The molecule has 0 spiro atoms. The lowest BCUT2D eigenvalue weighted by atomic mass is 10.2. The van der Waals surface area contributed by atoms with Crippen molar-refractivity contribution in [3.63, 3.8) is 0 Å². The third-order valence-corrected chi connectivity index (χ3v) is 3.66. The van der Waals surface area contributed by atoms with Gasteiger partial charge in [0.2, 0.25) is 0 Å². The topological polar surface area (TPSA) is 45.7 Å². The van der Waals surface area contributed by atoms with Gasteiger partial charge in [-0.2, -0.15) is 20.5 Å². The highest BCUT2D eigenvalue weighted by atomic mass is 127. The number of halogens is 4. The summed E-state index contributed by atoms with van der Waals surface area (Å²) >= 11 is 7.68. The van der Waals surface area contributed by atoms with Crippen LogP contribution in [0.5, 0.6) is 5.75 Å². The summed E-state index contributed by atoms with van der Waals surface area (Å²) in [4.78, 5) is 4.08. The van der Waals surface area contributed by atoms with Gasteiger partial charge in [-0.3, -0.25) is 4.99 Å². The highest BCUT2D eigenvalue weighted by molar-refractivity contribution is 14.0. The molecule has 2 N–H and O–H groups in total. The van der Waals surface area contributed by atoms with Crippen molar-refractivity contribution in [2.24, 2.45) is 4.99 Å². The molecule has 0 radical (unpaired) electrons. The number of guanidine groups is 1. The van der Waals surface area contributed by atoms with E-state index in [4.69, 9.17) is 11.6 Å². The molecular weight excluding hydrogens is 459 g/mol. The van der Waals surface area contributed by atoms with Gasteiger partial charge in [-0.1, -0.05) is 11.6 Å². The Morgan fingerprint density at radius 3 is 2.74 bits per heavy atom. The molecule has 1 aromatic rings. The van der Waals surface area contributed by atoms with Gasteiger partial charge in [-0.15, -0.1) is 24.0 Å². The number of ether oxygens (including phenoxy) is 1. The van der Waals surface area contributed by atoms with Crippen molar-refractivity contribution in [2.45, 2.75) is 19.6 Å². The molecule has 132 valence electrons. The summed E-state index contributed by atoms with van der Waals surface area (Å²) in [5.41, 5.74) is 0.542. The minimum absolute atomic E-state index is 0. The van der Waals surface area contributed by atoms with Crippen molar-refractivity contribution in [1.82, 2.24) is 10.6 Å². The van der Waals surface area contributed by atoms with Crippen LogP contribution in [0.25, 0.3) is 0 Å². The standard InChI is InChI=1S/C14H20ClF2N3OS.HI/c1-18-14(19-6-3-7-22-2)20-9-10-8-11(15)4-5-12(10)21-13(16)17;/h4-5,8,13H,3,6-7,9H2,1-2H3,(H2,18,19,20);1H. The van der Waals surface area contributed by atoms with Gasteiger partial charge in [-0.05, 0) is 36.6 Å². The normalized spacial score (nSPS) is 11.1. The Hall–Kier alpha value is -0.480. The van der Waals surface area contributed by atoms with E-state index in [0.29, 0.717) is 16.5 Å². The van der Waals surface area contributed by atoms with Crippen molar-refractivity contribution < 1.29 is 13.5 Å². The third kappa shape index (κ3) is 9.41. The van der Waals surface area contributed by atoms with Crippen molar-refractivity contribution in [2.75, 3.05) is 25.6 Å². The first-order chi connectivity index (χ1) is 10.6. The number of nitrogens with zero attached hydrogens (tertiary/aromatic N) is 1. The Balaban J connectivity index is 0.00000484. The number of aliphatic imine (C=N–C) groups is 1. The molecule has 0 unspecified atom stereocenters. The number of hydrogen-bond acceptors (Lipinski definition) is 3. The minimum atomic E-state index is -2.87. The zero-order valence-electron chi connectivity index (χ0n) is 12.9. The summed E-state index contributed by atoms with van der Waals surface area (Å²) in [6.07, 6.45) is 3.07. The molecule has 0 saturated carbocycles. The van der Waals surface area contributed by atoms with Crippen LogP contribution in [0.15, 0.2) is 23.2 Å². The van der Waals surface area contributed by atoms with E-state index in [1.807, 2.05) is 0 Å². The lowest BCUT2D eigenvalue weighted by Gasteiger charge is -2.14. The van der Waals surface area contributed by atoms with E-state index in [0.717, 1.165) is 18.7 Å². The second kappa shape index (κ2) is 12.9. The fourth-order valence-corrected chi connectivity index (χ4v) is 2.35. The van der Waals surface area contributed by atoms with E-state index in [1.165, 1.54) is 12.1 Å². The van der Waals surface area contributed by atoms with Crippen LogP contribution in [-0.4, -0.2) is 38.2 Å². The molecule has 0 fully saturated rings. The van der Waals surface area contributed by atoms with Crippen molar-refractivity contribution >= 4 is 53.3 Å². The van der Waals surface area contributed by atoms with E-state index in [9.17, 15) is 8.78 Å². The zero-order chi connectivity index (χ0) is 16.4. The maximum Gasteiger partial charge on any atom is 0.387 e. The smallest absolute Gasteiger partial charge is 0.387 e. The Labute approximate surface area is 161 Å². The van der Waals surface area contributed by atoms with E-state index >= 15 is 0 Å². The number of rotatable bonds is 8. The van der Waals surface area contributed by atoms with Gasteiger partial charge in [0.1, 0.15) is 5.75 Å². The SMILES string of the molecule is CN=C(NCCCSC)NCc1cc(Cl)ccc1OC(F)F.I. The molecule has 0 amide bonds. The lowest BCUT2D eigenvalue weighted by molar-refractivity contribution is -0.0504. The molecule has 0 aliphatic rings. The summed E-state index contributed by atoms with van der Waals surface area (Å²) in [5.74, 6) is 1.76. The van der Waals surface area contributed by atoms with Crippen LogP contribution < -0.4 is 15.4 Å². The Bertz CT molecular complexity index is 495. The van der Waals surface area contributed by atoms with Crippen LogP contribution in [0, 0.1) is 0 Å². The van der Waals surface area contributed by atoms with Crippen LogP contribution in [0.1, 0.15) is 12.0 Å². The van der Waals surface area contributed by atoms with Crippen molar-refractivity contribution in [3.05, 3.63) is 28.8 Å². The monoisotopic (exact) mass is 479 g/mol. The van der Waals surface area contributed by atoms with Gasteiger partial charge in [-0.25, -0.2) is 0 Å².